The van der Waals surface area contributed by atoms with Crippen molar-refractivity contribution in [2.24, 2.45) is 0 Å². The van der Waals surface area contributed by atoms with E-state index < -0.39 is 11.8 Å². The molecular weight excluding hydrogens is 436 g/mol. The summed E-state index contributed by atoms with van der Waals surface area (Å²) in [6, 6.07) is 12.8. The lowest BCUT2D eigenvalue weighted by Crippen LogP contribution is -2.48. The fourth-order valence-electron chi connectivity index (χ4n) is 5.17. The molecule has 0 unspecified atom stereocenters. The first kappa shape index (κ1) is 22.7. The lowest BCUT2D eigenvalue weighted by Gasteiger charge is -2.38. The van der Waals surface area contributed by atoms with E-state index in [0.29, 0.717) is 62.8 Å². The van der Waals surface area contributed by atoms with Gasteiger partial charge in [0.25, 0.3) is 5.91 Å². The maximum Gasteiger partial charge on any atom is 0.255 e. The summed E-state index contributed by atoms with van der Waals surface area (Å²) in [5.74, 6) is 0.582. The van der Waals surface area contributed by atoms with Crippen LogP contribution in [0.5, 0.6) is 11.5 Å². The van der Waals surface area contributed by atoms with Crippen LogP contribution < -0.4 is 9.47 Å². The molecule has 5 rings (SSSR count). The molecule has 0 bridgehead atoms. The van der Waals surface area contributed by atoms with Crippen molar-refractivity contribution in [3.8, 4) is 11.5 Å². The number of piperidine rings is 1. The average molecular weight is 467 g/mol. The highest BCUT2D eigenvalue weighted by molar-refractivity contribution is 5.98. The van der Waals surface area contributed by atoms with E-state index in [4.69, 9.17) is 18.9 Å². The number of hydrogen-bond acceptors (Lipinski definition) is 6. The number of ether oxygens (including phenoxy) is 4. The zero-order chi connectivity index (χ0) is 23.7. The number of rotatable bonds is 6. The Labute approximate surface area is 199 Å². The average Bonchev–Trinajstić information content (AvgIpc) is 3.47. The smallest absolute Gasteiger partial charge is 0.255 e. The van der Waals surface area contributed by atoms with Crippen molar-refractivity contribution in [1.82, 2.24) is 9.80 Å². The minimum Gasteiger partial charge on any atom is -0.493 e. The van der Waals surface area contributed by atoms with Gasteiger partial charge in [-0.25, -0.2) is 0 Å². The number of fused-ring (bicyclic) bond motifs is 1. The van der Waals surface area contributed by atoms with Gasteiger partial charge in [-0.05, 0) is 29.3 Å². The van der Waals surface area contributed by atoms with Gasteiger partial charge in [-0.15, -0.1) is 0 Å². The zero-order valence-electron chi connectivity index (χ0n) is 19.6. The third-order valence-corrected chi connectivity index (χ3v) is 7.08. The van der Waals surface area contributed by atoms with Gasteiger partial charge in [-0.3, -0.25) is 9.59 Å². The molecule has 2 fully saturated rings. The highest BCUT2D eigenvalue weighted by atomic mass is 16.7. The molecule has 2 aromatic carbocycles. The monoisotopic (exact) mass is 466 g/mol. The molecule has 3 aliphatic heterocycles. The highest BCUT2D eigenvalue weighted by Gasteiger charge is 2.42. The van der Waals surface area contributed by atoms with E-state index in [1.807, 2.05) is 47.4 Å². The molecule has 180 valence electrons. The Balaban J connectivity index is 1.40. The topological polar surface area (TPSA) is 77.5 Å². The van der Waals surface area contributed by atoms with E-state index in [1.54, 1.807) is 19.1 Å². The predicted octanol–water partition coefficient (Wildman–Crippen LogP) is 3.16. The number of methoxy groups -OCH3 is 2. The Bertz CT molecular complexity index is 1070. The van der Waals surface area contributed by atoms with Crippen LogP contribution in [-0.4, -0.2) is 67.9 Å². The number of amides is 2. The molecule has 2 aromatic rings. The van der Waals surface area contributed by atoms with E-state index in [-0.39, 0.29) is 18.2 Å². The van der Waals surface area contributed by atoms with Crippen LogP contribution in [0.4, 0.5) is 0 Å². The SMILES string of the molecule is COc1ccc([C@@H](CC(=O)N2CCC3(CC2)OCCO3)N2Cc3ccccc3C2=O)cc1OC. The molecular formula is C26H30N2O6. The Hall–Kier alpha value is -3.10. The van der Waals surface area contributed by atoms with Crippen molar-refractivity contribution in [2.75, 3.05) is 40.5 Å². The quantitative estimate of drug-likeness (QED) is 0.651. The van der Waals surface area contributed by atoms with Crippen molar-refractivity contribution in [2.45, 2.75) is 37.6 Å². The summed E-state index contributed by atoms with van der Waals surface area (Å²) in [4.78, 5) is 30.4. The van der Waals surface area contributed by atoms with E-state index in [0.717, 1.165) is 11.1 Å². The standard InChI is InChI=1S/C26H30N2O6/c1-31-22-8-7-18(15-23(22)32-2)21(28-17-19-5-3-4-6-20(19)25(28)30)16-24(29)27-11-9-26(10-12-27)33-13-14-34-26/h3-8,15,21H,9-14,16-17H2,1-2H3/t21-/m1/s1. The van der Waals surface area contributed by atoms with Crippen LogP contribution in [-0.2, 0) is 20.8 Å². The van der Waals surface area contributed by atoms with Crippen LogP contribution in [0.25, 0.3) is 0 Å². The van der Waals surface area contributed by atoms with Gasteiger partial charge >= 0.3 is 0 Å². The molecule has 1 atom stereocenters. The Morgan fingerprint density at radius 1 is 1.03 bits per heavy atom. The van der Waals surface area contributed by atoms with Gasteiger partial charge in [0, 0.05) is 38.0 Å². The van der Waals surface area contributed by atoms with E-state index in [9.17, 15) is 9.59 Å². The minimum absolute atomic E-state index is 0.0105. The molecule has 0 saturated carbocycles. The summed E-state index contributed by atoms with van der Waals surface area (Å²) in [5.41, 5.74) is 2.50. The summed E-state index contributed by atoms with van der Waals surface area (Å²) >= 11 is 0. The summed E-state index contributed by atoms with van der Waals surface area (Å²) in [6.45, 7) is 2.82. The molecule has 1 spiro atoms. The Morgan fingerprint density at radius 3 is 2.41 bits per heavy atom. The van der Waals surface area contributed by atoms with Crippen molar-refractivity contribution in [3.63, 3.8) is 0 Å². The van der Waals surface area contributed by atoms with Gasteiger partial charge in [0.1, 0.15) is 0 Å². The van der Waals surface area contributed by atoms with Gasteiger partial charge in [0.15, 0.2) is 17.3 Å². The van der Waals surface area contributed by atoms with Crippen LogP contribution in [0.3, 0.4) is 0 Å². The highest BCUT2D eigenvalue weighted by Crippen LogP contribution is 2.38. The Kier molecular flexibility index (Phi) is 6.18. The number of carbonyl (C=O) groups is 2. The molecule has 34 heavy (non-hydrogen) atoms. The van der Waals surface area contributed by atoms with E-state index in [2.05, 4.69) is 0 Å². The molecule has 2 saturated heterocycles. The van der Waals surface area contributed by atoms with Crippen molar-refractivity contribution in [3.05, 3.63) is 59.2 Å². The van der Waals surface area contributed by atoms with Crippen LogP contribution in [0.15, 0.2) is 42.5 Å². The molecule has 0 aliphatic carbocycles. The number of carbonyl (C=O) groups excluding carboxylic acids is 2. The lowest BCUT2D eigenvalue weighted by molar-refractivity contribution is -0.187. The van der Waals surface area contributed by atoms with Crippen molar-refractivity contribution in [1.29, 1.82) is 0 Å². The molecule has 0 N–H and O–H groups in total. The molecule has 3 heterocycles. The van der Waals surface area contributed by atoms with Crippen molar-refractivity contribution >= 4 is 11.8 Å². The molecule has 3 aliphatic rings. The lowest BCUT2D eigenvalue weighted by atomic mass is 9.98. The van der Waals surface area contributed by atoms with Gasteiger partial charge < -0.3 is 28.7 Å². The Morgan fingerprint density at radius 2 is 1.74 bits per heavy atom. The summed E-state index contributed by atoms with van der Waals surface area (Å²) in [6.07, 6.45) is 1.51. The second-order valence-corrected chi connectivity index (χ2v) is 8.91. The van der Waals surface area contributed by atoms with Crippen molar-refractivity contribution < 1.29 is 28.5 Å². The molecule has 8 nitrogen and oxygen atoms in total. The normalized spacial score (nSPS) is 19.9. The predicted molar refractivity (Wildman–Crippen MR) is 124 cm³/mol. The first-order chi connectivity index (χ1) is 16.5. The summed E-state index contributed by atoms with van der Waals surface area (Å²) < 4.78 is 22.5. The molecule has 8 heteroatoms. The van der Waals surface area contributed by atoms with Gasteiger partial charge in [-0.1, -0.05) is 24.3 Å². The maximum absolute atomic E-state index is 13.4. The first-order valence-corrected chi connectivity index (χ1v) is 11.7. The van der Waals surface area contributed by atoms with E-state index >= 15 is 0 Å². The summed E-state index contributed by atoms with van der Waals surface area (Å²) in [7, 11) is 3.16. The molecule has 0 radical (unpaired) electrons. The molecule has 0 aromatic heterocycles. The number of nitrogens with zero attached hydrogens (tertiary/aromatic N) is 2. The first-order valence-electron chi connectivity index (χ1n) is 11.7. The molecule has 2 amide bonds. The second kappa shape index (κ2) is 9.27. The largest absolute Gasteiger partial charge is 0.493 e. The van der Waals surface area contributed by atoms with E-state index in [1.165, 1.54) is 0 Å². The van der Waals surface area contributed by atoms with Crippen LogP contribution >= 0.6 is 0 Å². The fraction of sp³-hybridized carbons (Fsp3) is 0.462. The second-order valence-electron chi connectivity index (χ2n) is 8.91. The van der Waals surface area contributed by atoms with Gasteiger partial charge in [-0.2, -0.15) is 0 Å². The maximum atomic E-state index is 13.4. The third-order valence-electron chi connectivity index (χ3n) is 7.08. The fourth-order valence-corrected chi connectivity index (χ4v) is 5.17. The van der Waals surface area contributed by atoms with Crippen LogP contribution in [0.1, 0.15) is 46.8 Å². The van der Waals surface area contributed by atoms with Crippen LogP contribution in [0, 0.1) is 0 Å². The number of benzene rings is 2. The zero-order valence-corrected chi connectivity index (χ0v) is 19.6. The third kappa shape index (κ3) is 4.12. The number of likely N-dealkylation sites (tertiary alicyclic amines) is 1. The van der Waals surface area contributed by atoms with Gasteiger partial charge in [0.05, 0.1) is 39.9 Å². The summed E-state index contributed by atoms with van der Waals surface area (Å²) in [5, 5.41) is 0. The van der Waals surface area contributed by atoms with Gasteiger partial charge in [0.2, 0.25) is 5.91 Å². The number of hydrogen-bond donors (Lipinski definition) is 0. The minimum atomic E-state index is -0.536. The van der Waals surface area contributed by atoms with Crippen LogP contribution in [0.2, 0.25) is 0 Å².